The second-order valence-electron chi connectivity index (χ2n) is 12.2. The SMILES string of the molecule is CC[C@H](C)[C@@H]([C@@H](CC(=O)N1CCC[C@H]1[C@H](OC)[C@@H](C)C(C)=O)OC)N(C)C(=O)[C@@H](CC(=O)N1CCOCC1)C(C)C. The van der Waals surface area contributed by atoms with Crippen LogP contribution in [0.1, 0.15) is 73.6 Å². The average molecular weight is 582 g/mol. The second kappa shape index (κ2) is 16.6. The summed E-state index contributed by atoms with van der Waals surface area (Å²) in [4.78, 5) is 58.3. The van der Waals surface area contributed by atoms with Crippen LogP contribution in [0.4, 0.5) is 0 Å². The molecule has 7 atom stereocenters. The van der Waals surface area contributed by atoms with E-state index in [2.05, 4.69) is 13.8 Å². The lowest BCUT2D eigenvalue weighted by Gasteiger charge is -2.41. The quantitative estimate of drug-likeness (QED) is 0.293. The van der Waals surface area contributed by atoms with Crippen LogP contribution in [-0.2, 0) is 33.4 Å². The predicted molar refractivity (Wildman–Crippen MR) is 157 cm³/mol. The van der Waals surface area contributed by atoms with Crippen molar-refractivity contribution in [2.24, 2.45) is 23.7 Å². The highest BCUT2D eigenvalue weighted by molar-refractivity contribution is 5.86. The number of rotatable bonds is 15. The fourth-order valence-electron chi connectivity index (χ4n) is 6.39. The molecule has 0 bridgehead atoms. The Hall–Kier alpha value is -2.04. The van der Waals surface area contributed by atoms with Gasteiger partial charge in [-0.3, -0.25) is 19.2 Å². The van der Waals surface area contributed by atoms with Gasteiger partial charge in [-0.05, 0) is 31.6 Å². The molecule has 0 aromatic rings. The third-order valence-electron chi connectivity index (χ3n) is 9.37. The van der Waals surface area contributed by atoms with Crippen molar-refractivity contribution >= 4 is 23.5 Å². The smallest absolute Gasteiger partial charge is 0.226 e. The second-order valence-corrected chi connectivity index (χ2v) is 12.2. The minimum atomic E-state index is -0.526. The largest absolute Gasteiger partial charge is 0.379 e. The zero-order chi connectivity index (χ0) is 30.9. The molecule has 41 heavy (non-hydrogen) atoms. The Kier molecular flexibility index (Phi) is 14.2. The van der Waals surface area contributed by atoms with Crippen LogP contribution in [0, 0.1) is 23.7 Å². The van der Waals surface area contributed by atoms with Gasteiger partial charge in [0.15, 0.2) is 0 Å². The van der Waals surface area contributed by atoms with Crippen LogP contribution in [0.3, 0.4) is 0 Å². The molecule has 0 saturated carbocycles. The molecule has 0 aromatic carbocycles. The molecule has 2 saturated heterocycles. The van der Waals surface area contributed by atoms with Gasteiger partial charge >= 0.3 is 0 Å². The van der Waals surface area contributed by atoms with E-state index in [0.29, 0.717) is 32.8 Å². The minimum absolute atomic E-state index is 0.0279. The molecule has 10 nitrogen and oxygen atoms in total. The van der Waals surface area contributed by atoms with Crippen LogP contribution >= 0.6 is 0 Å². The first-order valence-electron chi connectivity index (χ1n) is 15.4. The monoisotopic (exact) mass is 581 g/mol. The first kappa shape index (κ1) is 35.2. The minimum Gasteiger partial charge on any atom is -0.379 e. The molecule has 2 rings (SSSR count). The van der Waals surface area contributed by atoms with E-state index < -0.39 is 12.0 Å². The number of likely N-dealkylation sites (N-methyl/N-ethyl adjacent to an activating group) is 1. The summed E-state index contributed by atoms with van der Waals surface area (Å²) >= 11 is 0. The Labute approximate surface area is 247 Å². The van der Waals surface area contributed by atoms with Gasteiger partial charge in [0.05, 0.1) is 43.9 Å². The van der Waals surface area contributed by atoms with Crippen LogP contribution in [-0.4, -0.2) is 117 Å². The van der Waals surface area contributed by atoms with Crippen LogP contribution in [0.2, 0.25) is 0 Å². The number of amides is 3. The van der Waals surface area contributed by atoms with Crippen molar-refractivity contribution in [3.05, 3.63) is 0 Å². The van der Waals surface area contributed by atoms with Gasteiger partial charge in [0.2, 0.25) is 17.7 Å². The zero-order valence-electron chi connectivity index (χ0n) is 26.9. The van der Waals surface area contributed by atoms with E-state index in [1.54, 1.807) is 38.0 Å². The molecule has 0 radical (unpaired) electrons. The van der Waals surface area contributed by atoms with Crippen molar-refractivity contribution in [2.45, 2.75) is 97.9 Å². The highest BCUT2D eigenvalue weighted by Crippen LogP contribution is 2.30. The van der Waals surface area contributed by atoms with Crippen molar-refractivity contribution in [1.29, 1.82) is 0 Å². The van der Waals surface area contributed by atoms with Gasteiger partial charge in [-0.25, -0.2) is 0 Å². The number of hydrogen-bond donors (Lipinski definition) is 0. The fourth-order valence-corrected chi connectivity index (χ4v) is 6.39. The zero-order valence-corrected chi connectivity index (χ0v) is 26.9. The van der Waals surface area contributed by atoms with Gasteiger partial charge in [-0.1, -0.05) is 41.0 Å². The molecular weight excluding hydrogens is 526 g/mol. The van der Waals surface area contributed by atoms with Crippen molar-refractivity contribution in [2.75, 3.05) is 54.1 Å². The summed E-state index contributed by atoms with van der Waals surface area (Å²) in [6, 6.07) is -0.529. The van der Waals surface area contributed by atoms with Gasteiger partial charge < -0.3 is 28.9 Å². The van der Waals surface area contributed by atoms with Crippen LogP contribution < -0.4 is 0 Å². The van der Waals surface area contributed by atoms with E-state index in [1.165, 1.54) is 0 Å². The fraction of sp³-hybridized carbons (Fsp3) is 0.871. The summed E-state index contributed by atoms with van der Waals surface area (Å²) in [6.45, 7) is 14.2. The van der Waals surface area contributed by atoms with Crippen molar-refractivity contribution in [3.63, 3.8) is 0 Å². The molecule has 2 heterocycles. The summed E-state index contributed by atoms with van der Waals surface area (Å²) in [5.74, 6) is -0.924. The number of nitrogens with zero attached hydrogens (tertiary/aromatic N) is 3. The lowest BCUT2D eigenvalue weighted by molar-refractivity contribution is -0.150. The van der Waals surface area contributed by atoms with E-state index in [1.807, 2.05) is 25.7 Å². The number of carbonyl (C=O) groups excluding carboxylic acids is 4. The number of morpholine rings is 1. The number of methoxy groups -OCH3 is 2. The van der Waals surface area contributed by atoms with Crippen LogP contribution in [0.15, 0.2) is 0 Å². The number of carbonyl (C=O) groups is 4. The molecule has 0 unspecified atom stereocenters. The molecule has 0 aliphatic carbocycles. The number of ketones is 1. The molecular formula is C31H55N3O7. The van der Waals surface area contributed by atoms with Crippen LogP contribution in [0.5, 0.6) is 0 Å². The Morgan fingerprint density at radius 2 is 1.59 bits per heavy atom. The van der Waals surface area contributed by atoms with E-state index in [0.717, 1.165) is 19.3 Å². The molecule has 2 fully saturated rings. The molecule has 236 valence electrons. The van der Waals surface area contributed by atoms with Crippen molar-refractivity contribution in [3.8, 4) is 0 Å². The maximum atomic E-state index is 14.0. The Morgan fingerprint density at radius 3 is 2.10 bits per heavy atom. The number of hydrogen-bond acceptors (Lipinski definition) is 7. The van der Waals surface area contributed by atoms with Gasteiger partial charge in [-0.2, -0.15) is 0 Å². The molecule has 0 spiro atoms. The highest BCUT2D eigenvalue weighted by Gasteiger charge is 2.42. The Balaban J connectivity index is 2.23. The lowest BCUT2D eigenvalue weighted by atomic mass is 9.86. The summed E-state index contributed by atoms with van der Waals surface area (Å²) in [7, 11) is 4.96. The first-order valence-corrected chi connectivity index (χ1v) is 15.4. The van der Waals surface area contributed by atoms with Gasteiger partial charge in [0.1, 0.15) is 5.78 Å². The molecule has 0 aromatic heterocycles. The Morgan fingerprint density at radius 1 is 0.951 bits per heavy atom. The molecule has 0 N–H and O–H groups in total. The normalized spacial score (nSPS) is 22.1. The van der Waals surface area contributed by atoms with E-state index in [-0.39, 0.29) is 72.3 Å². The molecule has 10 heteroatoms. The maximum absolute atomic E-state index is 14.0. The Bertz CT molecular complexity index is 876. The first-order chi connectivity index (χ1) is 19.4. The highest BCUT2D eigenvalue weighted by atomic mass is 16.5. The molecule has 2 aliphatic heterocycles. The van der Waals surface area contributed by atoms with E-state index in [9.17, 15) is 19.2 Å². The summed E-state index contributed by atoms with van der Waals surface area (Å²) in [6.07, 6.45) is 1.78. The topological polar surface area (TPSA) is 106 Å². The van der Waals surface area contributed by atoms with Gasteiger partial charge in [-0.15, -0.1) is 0 Å². The van der Waals surface area contributed by atoms with Crippen LogP contribution in [0.25, 0.3) is 0 Å². The third-order valence-corrected chi connectivity index (χ3v) is 9.37. The maximum Gasteiger partial charge on any atom is 0.226 e. The number of ether oxygens (including phenoxy) is 3. The van der Waals surface area contributed by atoms with Crippen molar-refractivity contribution in [1.82, 2.24) is 14.7 Å². The number of Topliss-reactive ketones (excluding diaryl/α,β-unsaturated/α-hetero) is 1. The predicted octanol–water partition coefficient (Wildman–Crippen LogP) is 3.02. The van der Waals surface area contributed by atoms with Gasteiger partial charge in [0, 0.05) is 59.2 Å². The standard InChI is InChI=1S/C31H55N3O7/c1-10-21(4)29(32(7)31(38)24(20(2)3)18-27(36)33-14-16-41-17-15-33)26(39-8)19-28(37)34-13-11-12-25(34)30(40-9)22(5)23(6)35/h20-22,24-26,29-30H,10-19H2,1-9H3/t21-,22-,24-,25-,26+,29-,30+/m0/s1. The average Bonchev–Trinajstić information content (AvgIpc) is 3.44. The van der Waals surface area contributed by atoms with E-state index in [4.69, 9.17) is 14.2 Å². The molecule has 2 aliphatic rings. The molecule has 3 amide bonds. The van der Waals surface area contributed by atoms with Crippen molar-refractivity contribution < 1.29 is 33.4 Å². The summed E-state index contributed by atoms with van der Waals surface area (Å²) < 4.78 is 17.1. The van der Waals surface area contributed by atoms with Gasteiger partial charge in [0.25, 0.3) is 0 Å². The summed E-state index contributed by atoms with van der Waals surface area (Å²) in [5.41, 5.74) is 0. The lowest BCUT2D eigenvalue weighted by Crippen LogP contribution is -2.54. The third kappa shape index (κ3) is 8.97. The van der Waals surface area contributed by atoms with E-state index >= 15 is 0 Å². The summed E-state index contributed by atoms with van der Waals surface area (Å²) in [5, 5.41) is 0. The number of likely N-dealkylation sites (tertiary alicyclic amines) is 1.